The van der Waals surface area contributed by atoms with Crippen LogP contribution in [0.15, 0.2) is 158 Å². The smallest absolute Gasteiger partial charge is 0.0889 e. The van der Waals surface area contributed by atoms with E-state index in [0.29, 0.717) is 0 Å². The molecule has 0 amide bonds. The lowest BCUT2D eigenvalue weighted by molar-refractivity contribution is 1.30. The standard InChI is InChI=1S/C39H26N2S/c1-2-9-27(10-3-1)28-18-22-31(23-19-28)41(36-16-7-15-35-38-37(42-39(35)36)17-8-26-40-38)32-24-20-30(21-25-32)34-14-6-12-29-11-4-5-13-33(29)34/h1-26H. The van der Waals surface area contributed by atoms with E-state index >= 15 is 0 Å². The summed E-state index contributed by atoms with van der Waals surface area (Å²) in [7, 11) is 0. The molecule has 0 spiro atoms. The summed E-state index contributed by atoms with van der Waals surface area (Å²) in [6.07, 6.45) is 1.88. The maximum Gasteiger partial charge on any atom is 0.0889 e. The Labute approximate surface area is 248 Å². The van der Waals surface area contributed by atoms with Gasteiger partial charge in [-0.2, -0.15) is 0 Å². The Morgan fingerprint density at radius 1 is 0.476 bits per heavy atom. The Bertz CT molecular complexity index is 2170. The van der Waals surface area contributed by atoms with Crippen LogP contribution in [0.4, 0.5) is 17.1 Å². The normalized spacial score (nSPS) is 11.3. The first-order chi connectivity index (χ1) is 20.8. The second-order valence-electron chi connectivity index (χ2n) is 10.4. The Morgan fingerprint density at radius 3 is 1.93 bits per heavy atom. The third-order valence-corrected chi connectivity index (χ3v) is 9.11. The zero-order chi connectivity index (χ0) is 27.9. The molecule has 0 saturated carbocycles. The predicted octanol–water partition coefficient (Wildman–Crippen LogP) is 11.4. The fraction of sp³-hybridized carbons (Fsp3) is 0. The van der Waals surface area contributed by atoms with Gasteiger partial charge in [0.1, 0.15) is 0 Å². The number of pyridine rings is 1. The molecule has 8 aromatic rings. The molecule has 2 heterocycles. The van der Waals surface area contributed by atoms with Crippen molar-refractivity contribution in [1.29, 1.82) is 0 Å². The molecule has 2 aromatic heterocycles. The van der Waals surface area contributed by atoms with Crippen molar-refractivity contribution in [3.8, 4) is 22.3 Å². The van der Waals surface area contributed by atoms with E-state index in [1.165, 1.54) is 47.8 Å². The van der Waals surface area contributed by atoms with Crippen molar-refractivity contribution >= 4 is 59.5 Å². The molecule has 0 unspecified atom stereocenters. The van der Waals surface area contributed by atoms with Crippen LogP contribution in [0, 0.1) is 0 Å². The van der Waals surface area contributed by atoms with Gasteiger partial charge >= 0.3 is 0 Å². The molecule has 0 radical (unpaired) electrons. The van der Waals surface area contributed by atoms with Gasteiger partial charge in [-0.1, -0.05) is 109 Å². The SMILES string of the molecule is c1ccc(-c2ccc(N(c3ccc(-c4cccc5ccccc45)cc3)c3cccc4c3sc3cccnc34)cc2)cc1. The van der Waals surface area contributed by atoms with E-state index in [9.17, 15) is 0 Å². The molecular weight excluding hydrogens is 529 g/mol. The van der Waals surface area contributed by atoms with Gasteiger partial charge in [-0.3, -0.25) is 4.98 Å². The zero-order valence-corrected chi connectivity index (χ0v) is 23.6. The van der Waals surface area contributed by atoms with Gasteiger partial charge in [-0.25, -0.2) is 0 Å². The van der Waals surface area contributed by atoms with Gasteiger partial charge in [0.05, 0.1) is 20.6 Å². The summed E-state index contributed by atoms with van der Waals surface area (Å²) < 4.78 is 2.43. The second-order valence-corrected chi connectivity index (χ2v) is 11.5. The van der Waals surface area contributed by atoms with Gasteiger partial charge < -0.3 is 4.90 Å². The maximum absolute atomic E-state index is 4.72. The van der Waals surface area contributed by atoms with Crippen LogP contribution in [0.5, 0.6) is 0 Å². The zero-order valence-electron chi connectivity index (χ0n) is 22.8. The van der Waals surface area contributed by atoms with Crippen LogP contribution in [0.25, 0.3) is 53.3 Å². The third kappa shape index (κ3) is 4.23. The number of hydrogen-bond donors (Lipinski definition) is 0. The van der Waals surface area contributed by atoms with Crippen molar-refractivity contribution in [2.24, 2.45) is 0 Å². The first-order valence-electron chi connectivity index (χ1n) is 14.1. The predicted molar refractivity (Wildman–Crippen MR) is 180 cm³/mol. The van der Waals surface area contributed by atoms with E-state index in [1.807, 2.05) is 12.3 Å². The topological polar surface area (TPSA) is 16.1 Å². The molecule has 0 saturated heterocycles. The quantitative estimate of drug-likeness (QED) is 0.210. The van der Waals surface area contributed by atoms with Gasteiger partial charge in [0, 0.05) is 23.0 Å². The molecule has 0 N–H and O–H groups in total. The molecule has 42 heavy (non-hydrogen) atoms. The highest BCUT2D eigenvalue weighted by atomic mass is 32.1. The van der Waals surface area contributed by atoms with Crippen LogP contribution < -0.4 is 4.90 Å². The van der Waals surface area contributed by atoms with Crippen LogP contribution in [-0.2, 0) is 0 Å². The van der Waals surface area contributed by atoms with Crippen LogP contribution in [0.3, 0.4) is 0 Å². The number of rotatable bonds is 5. The third-order valence-electron chi connectivity index (χ3n) is 7.93. The van der Waals surface area contributed by atoms with Gasteiger partial charge in [0.25, 0.3) is 0 Å². The molecular formula is C39H26N2S. The van der Waals surface area contributed by atoms with E-state index < -0.39 is 0 Å². The lowest BCUT2D eigenvalue weighted by atomic mass is 9.98. The Hall–Kier alpha value is -5.25. The van der Waals surface area contributed by atoms with E-state index in [-0.39, 0.29) is 0 Å². The highest BCUT2D eigenvalue weighted by Crippen LogP contribution is 2.44. The monoisotopic (exact) mass is 554 g/mol. The molecule has 2 nitrogen and oxygen atoms in total. The number of fused-ring (bicyclic) bond motifs is 4. The van der Waals surface area contributed by atoms with E-state index in [1.54, 1.807) is 11.3 Å². The summed E-state index contributed by atoms with van der Waals surface area (Å²) >= 11 is 1.80. The van der Waals surface area contributed by atoms with E-state index in [4.69, 9.17) is 4.98 Å². The summed E-state index contributed by atoms with van der Waals surface area (Å²) in [5.41, 5.74) is 9.32. The Morgan fingerprint density at radius 2 is 1.12 bits per heavy atom. The largest absolute Gasteiger partial charge is 0.309 e. The summed E-state index contributed by atoms with van der Waals surface area (Å²) in [5, 5.41) is 3.71. The number of nitrogens with zero attached hydrogens (tertiary/aromatic N) is 2. The highest BCUT2D eigenvalue weighted by molar-refractivity contribution is 7.26. The number of benzene rings is 6. The number of aromatic nitrogens is 1. The number of anilines is 3. The molecule has 3 heteroatoms. The van der Waals surface area contributed by atoms with Gasteiger partial charge in [0.2, 0.25) is 0 Å². The lowest BCUT2D eigenvalue weighted by Gasteiger charge is -2.26. The highest BCUT2D eigenvalue weighted by Gasteiger charge is 2.19. The first kappa shape index (κ1) is 24.5. The summed E-state index contributed by atoms with van der Waals surface area (Å²) in [5.74, 6) is 0. The van der Waals surface area contributed by atoms with Gasteiger partial charge in [-0.05, 0) is 75.5 Å². The lowest BCUT2D eigenvalue weighted by Crippen LogP contribution is -2.10. The van der Waals surface area contributed by atoms with Crippen LogP contribution in [0.1, 0.15) is 0 Å². The van der Waals surface area contributed by atoms with Crippen molar-refractivity contribution in [2.45, 2.75) is 0 Å². The van der Waals surface area contributed by atoms with Crippen molar-refractivity contribution in [1.82, 2.24) is 4.98 Å². The average Bonchev–Trinajstić information content (AvgIpc) is 3.45. The van der Waals surface area contributed by atoms with Gasteiger partial charge in [-0.15, -0.1) is 11.3 Å². The Kier molecular flexibility index (Phi) is 6.02. The minimum atomic E-state index is 1.06. The molecule has 8 rings (SSSR count). The van der Waals surface area contributed by atoms with Crippen LogP contribution >= 0.6 is 11.3 Å². The Balaban J connectivity index is 1.28. The molecule has 0 aliphatic carbocycles. The molecule has 6 aromatic carbocycles. The first-order valence-corrected chi connectivity index (χ1v) is 15.0. The maximum atomic E-state index is 4.72. The van der Waals surface area contributed by atoms with E-state index in [0.717, 1.165) is 22.6 Å². The van der Waals surface area contributed by atoms with Crippen molar-refractivity contribution in [3.63, 3.8) is 0 Å². The van der Waals surface area contributed by atoms with E-state index in [2.05, 4.69) is 150 Å². The fourth-order valence-corrected chi connectivity index (χ4v) is 7.07. The summed E-state index contributed by atoms with van der Waals surface area (Å²) in [4.78, 5) is 7.10. The summed E-state index contributed by atoms with van der Waals surface area (Å²) in [6, 6.07) is 54.3. The molecule has 0 aliphatic heterocycles. The molecule has 0 bridgehead atoms. The minimum Gasteiger partial charge on any atom is -0.309 e. The van der Waals surface area contributed by atoms with Crippen molar-refractivity contribution < 1.29 is 0 Å². The number of thiophene rings is 1. The molecule has 0 aliphatic rings. The van der Waals surface area contributed by atoms with Crippen molar-refractivity contribution in [2.75, 3.05) is 4.90 Å². The molecule has 198 valence electrons. The van der Waals surface area contributed by atoms with Crippen LogP contribution in [-0.4, -0.2) is 4.98 Å². The minimum absolute atomic E-state index is 1.06. The molecule has 0 fully saturated rings. The number of hydrogen-bond acceptors (Lipinski definition) is 3. The van der Waals surface area contributed by atoms with Crippen LogP contribution in [0.2, 0.25) is 0 Å². The van der Waals surface area contributed by atoms with Crippen molar-refractivity contribution in [3.05, 3.63) is 158 Å². The average molecular weight is 555 g/mol. The molecule has 0 atom stereocenters. The second kappa shape index (κ2) is 10.3. The summed E-state index contributed by atoms with van der Waals surface area (Å²) in [6.45, 7) is 0. The van der Waals surface area contributed by atoms with Gasteiger partial charge in [0.15, 0.2) is 0 Å². The fourth-order valence-electron chi connectivity index (χ4n) is 5.91.